The third kappa shape index (κ3) is 3.88. The second-order valence-electron chi connectivity index (χ2n) is 5.66. The van der Waals surface area contributed by atoms with Crippen LogP contribution < -0.4 is 16.0 Å². The molecular weight excluding hydrogens is 365 g/mol. The highest BCUT2D eigenvalue weighted by atomic mass is 35.5. The first-order valence-electron chi connectivity index (χ1n) is 7.74. The van der Waals surface area contributed by atoms with Crippen molar-refractivity contribution in [2.75, 3.05) is 30.8 Å². The lowest BCUT2D eigenvalue weighted by atomic mass is 10.1. The smallest absolute Gasteiger partial charge is 0.158 e. The summed E-state index contributed by atoms with van der Waals surface area (Å²) >= 11 is 13.6. The molecule has 1 aliphatic heterocycles. The van der Waals surface area contributed by atoms with Gasteiger partial charge in [0.2, 0.25) is 0 Å². The Kier molecular flexibility index (Phi) is 5.71. The summed E-state index contributed by atoms with van der Waals surface area (Å²) in [4.78, 5) is 12.0. The van der Waals surface area contributed by atoms with Gasteiger partial charge in [-0.3, -0.25) is 0 Å². The molecule has 1 fully saturated rings. The molecule has 2 aromatic rings. The van der Waals surface area contributed by atoms with Crippen molar-refractivity contribution < 1.29 is 0 Å². The van der Waals surface area contributed by atoms with Crippen molar-refractivity contribution in [3.05, 3.63) is 34.4 Å². The van der Waals surface area contributed by atoms with Crippen LogP contribution >= 0.6 is 35.0 Å². The van der Waals surface area contributed by atoms with Crippen LogP contribution in [0.1, 0.15) is 12.8 Å². The summed E-state index contributed by atoms with van der Waals surface area (Å²) in [5.74, 6) is 1.19. The number of aromatic nitrogens is 2. The van der Waals surface area contributed by atoms with Gasteiger partial charge in [-0.25, -0.2) is 9.97 Å². The van der Waals surface area contributed by atoms with E-state index in [-0.39, 0.29) is 0 Å². The molecule has 5 nitrogen and oxygen atoms in total. The number of nitrogens with zero attached hydrogens (tertiary/aromatic N) is 3. The minimum absolute atomic E-state index is 0.398. The molecule has 0 bridgehead atoms. The van der Waals surface area contributed by atoms with Gasteiger partial charge >= 0.3 is 0 Å². The number of nitrogens with one attached hydrogen (secondary N) is 1. The Bertz CT molecular complexity index is 722. The molecule has 1 aromatic heterocycles. The van der Waals surface area contributed by atoms with Crippen LogP contribution in [0.15, 0.2) is 34.3 Å². The highest BCUT2D eigenvalue weighted by molar-refractivity contribution is 7.99. The van der Waals surface area contributed by atoms with E-state index in [1.165, 1.54) is 11.8 Å². The number of piperidine rings is 1. The van der Waals surface area contributed by atoms with Crippen molar-refractivity contribution >= 4 is 46.6 Å². The van der Waals surface area contributed by atoms with Crippen molar-refractivity contribution in [3.63, 3.8) is 0 Å². The number of benzene rings is 1. The molecule has 0 aliphatic carbocycles. The number of hydrogen-bond donors (Lipinski definition) is 2. The average molecular weight is 384 g/mol. The van der Waals surface area contributed by atoms with Gasteiger partial charge in [-0.2, -0.15) is 0 Å². The van der Waals surface area contributed by atoms with Gasteiger partial charge in [0.1, 0.15) is 10.8 Å². The Morgan fingerprint density at radius 2 is 2.04 bits per heavy atom. The SMILES string of the molecule is CN(c1cnc(Sc2cccc(Cl)c2Cl)c(N)n1)C1CCNCC1. The highest BCUT2D eigenvalue weighted by Gasteiger charge is 2.20. The van der Waals surface area contributed by atoms with Gasteiger partial charge < -0.3 is 16.0 Å². The van der Waals surface area contributed by atoms with E-state index < -0.39 is 0 Å². The van der Waals surface area contributed by atoms with Crippen molar-refractivity contribution in [2.45, 2.75) is 28.8 Å². The van der Waals surface area contributed by atoms with Gasteiger partial charge in [0.15, 0.2) is 5.82 Å². The summed E-state index contributed by atoms with van der Waals surface area (Å²) in [6.07, 6.45) is 3.94. The van der Waals surface area contributed by atoms with Crippen LogP contribution in [0.4, 0.5) is 11.6 Å². The standard InChI is InChI=1S/C16H19Cl2N5S/c1-23(10-5-7-20-8-6-10)13-9-21-16(15(19)22-13)24-12-4-2-3-11(17)14(12)18/h2-4,9-10,20H,5-8H2,1H3,(H2,19,22). The monoisotopic (exact) mass is 383 g/mol. The topological polar surface area (TPSA) is 67.1 Å². The van der Waals surface area contributed by atoms with E-state index in [9.17, 15) is 0 Å². The lowest BCUT2D eigenvalue weighted by molar-refractivity contribution is 0.441. The van der Waals surface area contributed by atoms with E-state index in [1.807, 2.05) is 19.2 Å². The Morgan fingerprint density at radius 3 is 2.75 bits per heavy atom. The number of halogens is 2. The molecular formula is C16H19Cl2N5S. The lowest BCUT2D eigenvalue weighted by Crippen LogP contribution is -2.41. The molecule has 24 heavy (non-hydrogen) atoms. The predicted octanol–water partition coefficient (Wildman–Crippen LogP) is 3.71. The van der Waals surface area contributed by atoms with Crippen LogP contribution in [0.3, 0.4) is 0 Å². The first kappa shape index (κ1) is 17.6. The molecule has 0 unspecified atom stereocenters. The van der Waals surface area contributed by atoms with E-state index in [0.717, 1.165) is 36.6 Å². The van der Waals surface area contributed by atoms with E-state index in [2.05, 4.69) is 20.2 Å². The van der Waals surface area contributed by atoms with Crippen LogP contribution in [-0.4, -0.2) is 36.1 Å². The molecule has 128 valence electrons. The zero-order chi connectivity index (χ0) is 17.1. The summed E-state index contributed by atoms with van der Waals surface area (Å²) in [6.45, 7) is 2.05. The molecule has 3 rings (SSSR count). The van der Waals surface area contributed by atoms with Crippen molar-refractivity contribution in [1.29, 1.82) is 0 Å². The minimum atomic E-state index is 0.398. The number of rotatable bonds is 4. The fourth-order valence-corrected chi connectivity index (χ4v) is 3.96. The normalized spacial score (nSPS) is 15.5. The molecule has 1 aromatic carbocycles. The Morgan fingerprint density at radius 1 is 1.29 bits per heavy atom. The van der Waals surface area contributed by atoms with Gasteiger partial charge in [0, 0.05) is 18.0 Å². The number of hydrogen-bond acceptors (Lipinski definition) is 6. The van der Waals surface area contributed by atoms with Crippen molar-refractivity contribution in [1.82, 2.24) is 15.3 Å². The third-order valence-corrected chi connectivity index (χ3v) is 6.09. The quantitative estimate of drug-likeness (QED) is 0.838. The van der Waals surface area contributed by atoms with Gasteiger partial charge in [-0.15, -0.1) is 0 Å². The van der Waals surface area contributed by atoms with E-state index in [1.54, 1.807) is 12.3 Å². The lowest BCUT2D eigenvalue weighted by Gasteiger charge is -2.32. The van der Waals surface area contributed by atoms with E-state index in [0.29, 0.717) is 26.9 Å². The summed E-state index contributed by atoms with van der Waals surface area (Å²) < 4.78 is 0. The van der Waals surface area contributed by atoms with Gasteiger partial charge in [0.05, 0.1) is 16.2 Å². The number of nitrogen functional groups attached to an aromatic ring is 1. The fourth-order valence-electron chi connectivity index (χ4n) is 2.68. The Hall–Kier alpha value is -1.21. The van der Waals surface area contributed by atoms with Gasteiger partial charge in [0.25, 0.3) is 0 Å². The maximum absolute atomic E-state index is 6.22. The maximum atomic E-state index is 6.22. The highest BCUT2D eigenvalue weighted by Crippen LogP contribution is 2.38. The third-order valence-electron chi connectivity index (χ3n) is 4.09. The zero-order valence-electron chi connectivity index (χ0n) is 13.3. The molecule has 1 aliphatic rings. The summed E-state index contributed by atoms with van der Waals surface area (Å²) in [5.41, 5.74) is 6.12. The first-order chi connectivity index (χ1) is 11.6. The molecule has 0 radical (unpaired) electrons. The average Bonchev–Trinajstić information content (AvgIpc) is 2.60. The van der Waals surface area contributed by atoms with Crippen molar-refractivity contribution in [3.8, 4) is 0 Å². The molecule has 0 atom stereocenters. The van der Waals surface area contributed by atoms with E-state index in [4.69, 9.17) is 28.9 Å². The molecule has 2 heterocycles. The molecule has 8 heteroatoms. The van der Waals surface area contributed by atoms with Gasteiger partial charge in [-0.1, -0.05) is 41.0 Å². The number of anilines is 2. The van der Waals surface area contributed by atoms with Crippen LogP contribution in [0, 0.1) is 0 Å². The molecule has 1 saturated heterocycles. The summed E-state index contributed by atoms with van der Waals surface area (Å²) in [5, 5.41) is 5.00. The van der Waals surface area contributed by atoms with Crippen LogP contribution in [0.2, 0.25) is 10.0 Å². The summed E-state index contributed by atoms with van der Waals surface area (Å²) in [6, 6.07) is 5.94. The van der Waals surface area contributed by atoms with Crippen LogP contribution in [0.5, 0.6) is 0 Å². The maximum Gasteiger partial charge on any atom is 0.158 e. The Labute approximate surface area is 155 Å². The number of nitrogens with two attached hydrogens (primary N) is 1. The largest absolute Gasteiger partial charge is 0.381 e. The predicted molar refractivity (Wildman–Crippen MR) is 101 cm³/mol. The van der Waals surface area contributed by atoms with E-state index >= 15 is 0 Å². The second-order valence-corrected chi connectivity index (χ2v) is 7.48. The first-order valence-corrected chi connectivity index (χ1v) is 9.31. The fraction of sp³-hybridized carbons (Fsp3) is 0.375. The zero-order valence-corrected chi connectivity index (χ0v) is 15.6. The second kappa shape index (κ2) is 7.78. The molecule has 0 amide bonds. The Balaban J connectivity index is 1.78. The molecule has 0 spiro atoms. The molecule has 0 saturated carbocycles. The minimum Gasteiger partial charge on any atom is -0.381 e. The van der Waals surface area contributed by atoms with Crippen LogP contribution in [-0.2, 0) is 0 Å². The van der Waals surface area contributed by atoms with Gasteiger partial charge in [-0.05, 0) is 38.1 Å². The van der Waals surface area contributed by atoms with Crippen molar-refractivity contribution in [2.24, 2.45) is 0 Å². The van der Waals surface area contributed by atoms with Crippen LogP contribution in [0.25, 0.3) is 0 Å². The summed E-state index contributed by atoms with van der Waals surface area (Å²) in [7, 11) is 2.04. The molecule has 3 N–H and O–H groups in total.